The first-order valence-corrected chi connectivity index (χ1v) is 12.3. The van der Waals surface area contributed by atoms with Gasteiger partial charge in [0, 0.05) is 17.8 Å². The van der Waals surface area contributed by atoms with Crippen LogP contribution >= 0.6 is 0 Å². The zero-order valence-corrected chi connectivity index (χ0v) is 18.1. The van der Waals surface area contributed by atoms with Gasteiger partial charge in [-0.15, -0.1) is 0 Å². The molecule has 1 nitrogen and oxygen atoms in total. The Balaban J connectivity index is 1.40. The quantitative estimate of drug-likeness (QED) is 0.398. The van der Waals surface area contributed by atoms with E-state index in [4.69, 9.17) is 4.98 Å². The third kappa shape index (κ3) is 6.33. The molecule has 0 atom stereocenters. The second-order valence-corrected chi connectivity index (χ2v) is 9.56. The van der Waals surface area contributed by atoms with E-state index in [0.717, 1.165) is 23.7 Å². The van der Waals surface area contributed by atoms with Gasteiger partial charge in [-0.2, -0.15) is 0 Å². The smallest absolute Gasteiger partial charge is 0.0434 e. The summed E-state index contributed by atoms with van der Waals surface area (Å²) in [6.45, 7) is 4.65. The van der Waals surface area contributed by atoms with Crippen LogP contribution in [0.3, 0.4) is 0 Å². The normalized spacial score (nSPS) is 29.0. The highest BCUT2D eigenvalue weighted by atomic mass is 14.7. The summed E-state index contributed by atoms with van der Waals surface area (Å²) in [6, 6.07) is 4.79. The van der Waals surface area contributed by atoms with E-state index >= 15 is 0 Å². The molecule has 1 heteroatoms. The minimum Gasteiger partial charge on any atom is -0.261 e. The highest BCUT2D eigenvalue weighted by Gasteiger charge is 2.24. The third-order valence-corrected chi connectivity index (χ3v) is 7.69. The SMILES string of the molecule is CCCCCCCC1CCC(c2ccc(C3CCC(CC)CC3)nc2)CC1. The van der Waals surface area contributed by atoms with Gasteiger partial charge in [0.25, 0.3) is 0 Å². The minimum atomic E-state index is 0.727. The van der Waals surface area contributed by atoms with Crippen LogP contribution in [-0.4, -0.2) is 4.98 Å². The number of pyridine rings is 1. The van der Waals surface area contributed by atoms with Crippen LogP contribution in [0.4, 0.5) is 0 Å². The van der Waals surface area contributed by atoms with Crippen molar-refractivity contribution < 1.29 is 0 Å². The minimum absolute atomic E-state index is 0.727. The Hall–Kier alpha value is -0.850. The third-order valence-electron chi connectivity index (χ3n) is 7.69. The van der Waals surface area contributed by atoms with Gasteiger partial charge in [0.1, 0.15) is 0 Å². The Morgan fingerprint density at radius 3 is 2.04 bits per heavy atom. The summed E-state index contributed by atoms with van der Waals surface area (Å²) in [5.74, 6) is 3.48. The van der Waals surface area contributed by atoms with Crippen LogP contribution < -0.4 is 0 Å². The Kier molecular flexibility index (Phi) is 8.68. The lowest BCUT2D eigenvalue weighted by molar-refractivity contribution is 0.301. The van der Waals surface area contributed by atoms with Crippen molar-refractivity contribution in [3.8, 4) is 0 Å². The van der Waals surface area contributed by atoms with Gasteiger partial charge in [-0.1, -0.05) is 64.9 Å². The van der Waals surface area contributed by atoms with E-state index in [9.17, 15) is 0 Å². The van der Waals surface area contributed by atoms with Crippen molar-refractivity contribution in [1.82, 2.24) is 4.98 Å². The maximum Gasteiger partial charge on any atom is 0.0434 e. The molecule has 1 heterocycles. The van der Waals surface area contributed by atoms with E-state index in [0.29, 0.717) is 0 Å². The summed E-state index contributed by atoms with van der Waals surface area (Å²) in [4.78, 5) is 4.93. The van der Waals surface area contributed by atoms with Crippen molar-refractivity contribution >= 4 is 0 Å². The van der Waals surface area contributed by atoms with Gasteiger partial charge in [0.2, 0.25) is 0 Å². The largest absolute Gasteiger partial charge is 0.261 e. The lowest BCUT2D eigenvalue weighted by Gasteiger charge is -2.30. The average molecular weight is 370 g/mol. The summed E-state index contributed by atoms with van der Waals surface area (Å²) < 4.78 is 0. The summed E-state index contributed by atoms with van der Waals surface area (Å²) in [5.41, 5.74) is 2.89. The van der Waals surface area contributed by atoms with Crippen molar-refractivity contribution in [2.45, 2.75) is 122 Å². The Morgan fingerprint density at radius 1 is 0.741 bits per heavy atom. The molecule has 3 rings (SSSR count). The molecule has 2 aliphatic carbocycles. The second-order valence-electron chi connectivity index (χ2n) is 9.56. The molecule has 0 aliphatic heterocycles. The number of rotatable bonds is 9. The first-order chi connectivity index (χ1) is 13.3. The van der Waals surface area contributed by atoms with Gasteiger partial charge in [0.05, 0.1) is 0 Å². The fourth-order valence-electron chi connectivity index (χ4n) is 5.59. The lowest BCUT2D eigenvalue weighted by Crippen LogP contribution is -2.15. The Morgan fingerprint density at radius 2 is 1.41 bits per heavy atom. The molecule has 2 fully saturated rings. The first kappa shape index (κ1) is 20.9. The van der Waals surface area contributed by atoms with Crippen LogP contribution in [0, 0.1) is 11.8 Å². The molecule has 0 amide bonds. The Bertz CT molecular complexity index is 504. The molecule has 0 saturated heterocycles. The van der Waals surface area contributed by atoms with Crippen LogP contribution in [0.2, 0.25) is 0 Å². The number of hydrogen-bond donors (Lipinski definition) is 0. The predicted molar refractivity (Wildman–Crippen MR) is 117 cm³/mol. The maximum absolute atomic E-state index is 4.93. The molecule has 0 spiro atoms. The molecule has 2 saturated carbocycles. The van der Waals surface area contributed by atoms with Crippen molar-refractivity contribution in [2.24, 2.45) is 11.8 Å². The molecule has 2 aliphatic rings. The van der Waals surface area contributed by atoms with Gasteiger partial charge in [-0.3, -0.25) is 4.98 Å². The maximum atomic E-state index is 4.93. The Labute approximate surface area is 168 Å². The average Bonchev–Trinajstić information content (AvgIpc) is 2.74. The fraction of sp³-hybridized carbons (Fsp3) is 0.808. The molecule has 0 radical (unpaired) electrons. The van der Waals surface area contributed by atoms with Gasteiger partial charge < -0.3 is 0 Å². The predicted octanol–water partition coefficient (Wildman–Crippen LogP) is 8.40. The molecule has 0 N–H and O–H groups in total. The molecule has 152 valence electrons. The van der Waals surface area contributed by atoms with Crippen molar-refractivity contribution in [1.29, 1.82) is 0 Å². The fourth-order valence-corrected chi connectivity index (χ4v) is 5.59. The molecule has 1 aromatic heterocycles. The lowest BCUT2D eigenvalue weighted by atomic mass is 9.77. The number of nitrogens with zero attached hydrogens (tertiary/aromatic N) is 1. The van der Waals surface area contributed by atoms with Crippen molar-refractivity contribution in [3.05, 3.63) is 29.6 Å². The molecular weight excluding hydrogens is 326 g/mol. The molecule has 0 unspecified atom stereocenters. The molecule has 1 aromatic rings. The summed E-state index contributed by atoms with van der Waals surface area (Å²) in [6.07, 6.45) is 23.4. The van der Waals surface area contributed by atoms with E-state index in [1.54, 1.807) is 0 Å². The van der Waals surface area contributed by atoms with E-state index in [1.807, 2.05) is 0 Å². The second kappa shape index (κ2) is 11.2. The molecule has 27 heavy (non-hydrogen) atoms. The number of hydrogen-bond acceptors (Lipinski definition) is 1. The van der Waals surface area contributed by atoms with Crippen LogP contribution in [0.15, 0.2) is 18.3 Å². The topological polar surface area (TPSA) is 12.9 Å². The zero-order chi connectivity index (χ0) is 18.9. The highest BCUT2D eigenvalue weighted by Crippen LogP contribution is 2.39. The van der Waals surface area contributed by atoms with E-state index < -0.39 is 0 Å². The first-order valence-electron chi connectivity index (χ1n) is 12.3. The van der Waals surface area contributed by atoms with Crippen LogP contribution in [-0.2, 0) is 0 Å². The molecule has 0 aromatic carbocycles. The van der Waals surface area contributed by atoms with E-state index in [2.05, 4.69) is 32.2 Å². The monoisotopic (exact) mass is 369 g/mol. The summed E-state index contributed by atoms with van der Waals surface area (Å²) >= 11 is 0. The van der Waals surface area contributed by atoms with E-state index in [-0.39, 0.29) is 0 Å². The van der Waals surface area contributed by atoms with Gasteiger partial charge in [-0.05, 0) is 80.8 Å². The number of unbranched alkanes of at least 4 members (excludes halogenated alkanes) is 4. The van der Waals surface area contributed by atoms with Crippen molar-refractivity contribution in [2.75, 3.05) is 0 Å². The van der Waals surface area contributed by atoms with Crippen LogP contribution in [0.5, 0.6) is 0 Å². The van der Waals surface area contributed by atoms with Gasteiger partial charge in [-0.25, -0.2) is 0 Å². The molecular formula is C26H43N. The molecule has 0 bridgehead atoms. The summed E-state index contributed by atoms with van der Waals surface area (Å²) in [5, 5.41) is 0. The zero-order valence-electron chi connectivity index (χ0n) is 18.1. The van der Waals surface area contributed by atoms with Gasteiger partial charge >= 0.3 is 0 Å². The highest BCUT2D eigenvalue weighted by molar-refractivity contribution is 5.21. The van der Waals surface area contributed by atoms with Crippen LogP contribution in [0.1, 0.15) is 133 Å². The van der Waals surface area contributed by atoms with E-state index in [1.165, 1.54) is 108 Å². The van der Waals surface area contributed by atoms with Gasteiger partial charge in [0.15, 0.2) is 0 Å². The number of aromatic nitrogens is 1. The summed E-state index contributed by atoms with van der Waals surface area (Å²) in [7, 11) is 0. The van der Waals surface area contributed by atoms with Crippen LogP contribution in [0.25, 0.3) is 0 Å². The standard InChI is InChI=1S/C26H43N/c1-3-5-6-7-8-9-22-12-14-23(15-13-22)25-18-19-26(27-20-25)24-16-10-21(4-2)11-17-24/h18-24H,3-17H2,1-2H3. The van der Waals surface area contributed by atoms with Crippen molar-refractivity contribution in [3.63, 3.8) is 0 Å².